The number of hydrogen-bond acceptors (Lipinski definition) is 2. The zero-order chi connectivity index (χ0) is 13.3. The van der Waals surface area contributed by atoms with Gasteiger partial charge in [0, 0.05) is 35.2 Å². The second-order valence-corrected chi connectivity index (χ2v) is 7.15. The second-order valence-electron chi connectivity index (χ2n) is 5.85. The molecule has 1 saturated heterocycles. The number of likely N-dealkylation sites (N-methyl/N-ethyl adjacent to an activating group) is 1. The molecular weight excluding hydrogens is 312 g/mol. The summed E-state index contributed by atoms with van der Waals surface area (Å²) in [6, 6.07) is 6.45. The van der Waals surface area contributed by atoms with E-state index in [1.54, 1.807) is 0 Å². The van der Waals surface area contributed by atoms with Crippen molar-refractivity contribution in [2.75, 3.05) is 20.1 Å². The average molecular weight is 332 g/mol. The molecule has 1 aromatic rings. The van der Waals surface area contributed by atoms with Crippen molar-refractivity contribution in [1.29, 1.82) is 0 Å². The minimum atomic E-state index is 0.319. The molecule has 0 spiro atoms. The van der Waals surface area contributed by atoms with E-state index >= 15 is 0 Å². The highest BCUT2D eigenvalue weighted by Gasteiger charge is 2.37. The Kier molecular flexibility index (Phi) is 4.37. The zero-order valence-corrected chi connectivity index (χ0v) is 13.5. The summed E-state index contributed by atoms with van der Waals surface area (Å²) in [5.41, 5.74) is 1.53. The molecule has 4 heteroatoms. The van der Waals surface area contributed by atoms with Crippen LogP contribution in [0.2, 0.25) is 5.02 Å². The maximum absolute atomic E-state index is 6.03. The molecule has 0 bridgehead atoms. The highest BCUT2D eigenvalue weighted by molar-refractivity contribution is 9.10. The van der Waals surface area contributed by atoms with E-state index < -0.39 is 0 Å². The van der Waals surface area contributed by atoms with Crippen molar-refractivity contribution in [3.05, 3.63) is 33.3 Å². The van der Waals surface area contributed by atoms with Gasteiger partial charge in [0.15, 0.2) is 0 Å². The number of benzene rings is 1. The standard InChI is InChI=1S/C14H20BrClN2/c1-14(2)9-18(3)8-13(14)17-7-10-6-11(16)4-5-12(10)15/h4-6,13,17H,7-9H2,1-3H3. The first-order valence-corrected chi connectivity index (χ1v) is 7.41. The SMILES string of the molecule is CN1CC(NCc2cc(Cl)ccc2Br)C(C)(C)C1. The quantitative estimate of drug-likeness (QED) is 0.911. The molecule has 0 aromatic heterocycles. The molecule has 100 valence electrons. The smallest absolute Gasteiger partial charge is 0.0410 e. The molecule has 18 heavy (non-hydrogen) atoms. The fraction of sp³-hybridized carbons (Fsp3) is 0.571. The summed E-state index contributed by atoms with van der Waals surface area (Å²) in [5.74, 6) is 0. The molecule has 0 saturated carbocycles. The Hall–Kier alpha value is -0.0900. The number of nitrogens with one attached hydrogen (secondary N) is 1. The fourth-order valence-electron chi connectivity index (χ4n) is 2.68. The van der Waals surface area contributed by atoms with Crippen LogP contribution in [0.15, 0.2) is 22.7 Å². The maximum atomic E-state index is 6.03. The van der Waals surface area contributed by atoms with Crippen molar-refractivity contribution in [2.24, 2.45) is 5.41 Å². The fourth-order valence-corrected chi connectivity index (χ4v) is 3.26. The van der Waals surface area contributed by atoms with Gasteiger partial charge in [0.1, 0.15) is 0 Å². The topological polar surface area (TPSA) is 15.3 Å². The summed E-state index contributed by atoms with van der Waals surface area (Å²) in [6.45, 7) is 7.73. The number of rotatable bonds is 3. The first kappa shape index (κ1) is 14.3. The third-order valence-corrected chi connectivity index (χ3v) is 4.67. The van der Waals surface area contributed by atoms with E-state index in [4.69, 9.17) is 11.6 Å². The molecule has 0 amide bonds. The van der Waals surface area contributed by atoms with E-state index in [1.165, 1.54) is 5.56 Å². The Labute approximate surface area is 123 Å². The highest BCUT2D eigenvalue weighted by Crippen LogP contribution is 2.29. The Morgan fingerprint density at radius 3 is 2.83 bits per heavy atom. The monoisotopic (exact) mass is 330 g/mol. The number of hydrogen-bond donors (Lipinski definition) is 1. The first-order valence-electron chi connectivity index (χ1n) is 6.24. The summed E-state index contributed by atoms with van der Waals surface area (Å²) in [4.78, 5) is 2.38. The van der Waals surface area contributed by atoms with Crippen molar-refractivity contribution in [3.8, 4) is 0 Å². The Balaban J connectivity index is 2.01. The van der Waals surface area contributed by atoms with E-state index in [1.807, 2.05) is 18.2 Å². The highest BCUT2D eigenvalue weighted by atomic mass is 79.9. The summed E-state index contributed by atoms with van der Waals surface area (Å²) in [6.07, 6.45) is 0. The molecule has 2 nitrogen and oxygen atoms in total. The Morgan fingerprint density at radius 2 is 2.22 bits per heavy atom. The van der Waals surface area contributed by atoms with E-state index in [0.29, 0.717) is 11.5 Å². The molecule has 0 radical (unpaired) electrons. The summed E-state index contributed by atoms with van der Waals surface area (Å²) in [7, 11) is 2.18. The third kappa shape index (κ3) is 3.27. The molecule has 2 rings (SSSR count). The van der Waals surface area contributed by atoms with Gasteiger partial charge in [-0.1, -0.05) is 41.4 Å². The molecule has 1 heterocycles. The average Bonchev–Trinajstić information content (AvgIpc) is 2.53. The van der Waals surface area contributed by atoms with Gasteiger partial charge in [-0.05, 0) is 36.2 Å². The molecule has 1 N–H and O–H groups in total. The normalized spacial score (nSPS) is 23.5. The molecule has 1 fully saturated rings. The molecular formula is C14H20BrClN2. The van der Waals surface area contributed by atoms with E-state index in [-0.39, 0.29) is 0 Å². The predicted molar refractivity (Wildman–Crippen MR) is 81.1 cm³/mol. The summed E-state index contributed by atoms with van der Waals surface area (Å²) in [5, 5.41) is 4.45. The number of likely N-dealkylation sites (tertiary alicyclic amines) is 1. The summed E-state index contributed by atoms with van der Waals surface area (Å²) < 4.78 is 1.11. The van der Waals surface area contributed by atoms with Crippen molar-refractivity contribution < 1.29 is 0 Å². The number of nitrogens with zero attached hydrogens (tertiary/aromatic N) is 1. The third-order valence-electron chi connectivity index (χ3n) is 3.66. The lowest BCUT2D eigenvalue weighted by atomic mass is 9.88. The van der Waals surface area contributed by atoms with Gasteiger partial charge in [0.05, 0.1) is 0 Å². The van der Waals surface area contributed by atoms with E-state index in [0.717, 1.165) is 29.1 Å². The van der Waals surface area contributed by atoms with Gasteiger partial charge in [-0.15, -0.1) is 0 Å². The number of halogens is 2. The van der Waals surface area contributed by atoms with Crippen LogP contribution in [0.1, 0.15) is 19.4 Å². The second kappa shape index (κ2) is 5.49. The minimum absolute atomic E-state index is 0.319. The van der Waals surface area contributed by atoms with Crippen molar-refractivity contribution in [3.63, 3.8) is 0 Å². The minimum Gasteiger partial charge on any atom is -0.308 e. The molecule has 1 unspecified atom stereocenters. The van der Waals surface area contributed by atoms with Crippen LogP contribution in [0.25, 0.3) is 0 Å². The molecule has 0 aliphatic carbocycles. The molecule has 1 atom stereocenters. The van der Waals surface area contributed by atoms with Gasteiger partial charge in [-0.25, -0.2) is 0 Å². The van der Waals surface area contributed by atoms with E-state index in [9.17, 15) is 0 Å². The molecule has 1 aliphatic rings. The van der Waals surface area contributed by atoms with Gasteiger partial charge < -0.3 is 10.2 Å². The lowest BCUT2D eigenvalue weighted by molar-refractivity contribution is 0.297. The van der Waals surface area contributed by atoms with Crippen LogP contribution >= 0.6 is 27.5 Å². The van der Waals surface area contributed by atoms with Crippen LogP contribution in [0.3, 0.4) is 0 Å². The van der Waals surface area contributed by atoms with Gasteiger partial charge in [0.2, 0.25) is 0 Å². The summed E-state index contributed by atoms with van der Waals surface area (Å²) >= 11 is 9.61. The van der Waals surface area contributed by atoms with Crippen LogP contribution in [0.5, 0.6) is 0 Å². The van der Waals surface area contributed by atoms with Crippen molar-refractivity contribution >= 4 is 27.5 Å². The maximum Gasteiger partial charge on any atom is 0.0410 e. The van der Waals surface area contributed by atoms with Crippen molar-refractivity contribution in [1.82, 2.24) is 10.2 Å². The molecule has 1 aromatic carbocycles. The van der Waals surface area contributed by atoms with E-state index in [2.05, 4.69) is 47.0 Å². The Morgan fingerprint density at radius 1 is 1.50 bits per heavy atom. The van der Waals surface area contributed by atoms with Crippen LogP contribution in [-0.2, 0) is 6.54 Å². The first-order chi connectivity index (χ1) is 8.38. The van der Waals surface area contributed by atoms with Gasteiger partial charge in [-0.2, -0.15) is 0 Å². The van der Waals surface area contributed by atoms with Gasteiger partial charge in [-0.3, -0.25) is 0 Å². The lowest BCUT2D eigenvalue weighted by Crippen LogP contribution is -2.40. The Bertz CT molecular complexity index is 434. The largest absolute Gasteiger partial charge is 0.308 e. The zero-order valence-electron chi connectivity index (χ0n) is 11.1. The van der Waals surface area contributed by atoms with Gasteiger partial charge in [0.25, 0.3) is 0 Å². The lowest BCUT2D eigenvalue weighted by Gasteiger charge is -2.27. The van der Waals surface area contributed by atoms with Gasteiger partial charge >= 0.3 is 0 Å². The molecule has 1 aliphatic heterocycles. The van der Waals surface area contributed by atoms with Crippen molar-refractivity contribution in [2.45, 2.75) is 26.4 Å². The van der Waals surface area contributed by atoms with Crippen LogP contribution in [0, 0.1) is 5.41 Å². The van der Waals surface area contributed by atoms with Crippen LogP contribution < -0.4 is 5.32 Å². The van der Waals surface area contributed by atoms with Crippen LogP contribution in [0.4, 0.5) is 0 Å². The predicted octanol–water partition coefficient (Wildman–Crippen LogP) is 3.53. The van der Waals surface area contributed by atoms with Crippen LogP contribution in [-0.4, -0.2) is 31.1 Å².